The summed E-state index contributed by atoms with van der Waals surface area (Å²) in [5, 5.41) is 12.4. The fourth-order valence-corrected chi connectivity index (χ4v) is 3.17. The van der Waals surface area contributed by atoms with Crippen molar-refractivity contribution in [2.75, 3.05) is 6.54 Å². The lowest BCUT2D eigenvalue weighted by Crippen LogP contribution is -2.56. The quantitative estimate of drug-likeness (QED) is 0.404. The van der Waals surface area contributed by atoms with Gasteiger partial charge < -0.3 is 24.5 Å². The van der Waals surface area contributed by atoms with Gasteiger partial charge >= 0.3 is 17.7 Å². The standard InChI is InChI=1S/C22H21Cl2N3O5/c23-16-2-6-18(7-3-16)31-22(21(30)26-14-20(28)29,10-1-12-27-13-11-25-15-27)32-19-8-4-17(24)5-9-19/h2-9,11,13,15H,1,10,12,14H2,(H,26,30)(H,28,29). The van der Waals surface area contributed by atoms with Crippen LogP contribution in [0.15, 0.2) is 67.3 Å². The van der Waals surface area contributed by atoms with Gasteiger partial charge in [-0.3, -0.25) is 9.59 Å². The summed E-state index contributed by atoms with van der Waals surface area (Å²) < 4.78 is 14.0. The summed E-state index contributed by atoms with van der Waals surface area (Å²) in [7, 11) is 0. The zero-order valence-electron chi connectivity index (χ0n) is 16.9. The summed E-state index contributed by atoms with van der Waals surface area (Å²) in [5.74, 6) is -3.11. The van der Waals surface area contributed by atoms with Gasteiger partial charge in [-0.1, -0.05) is 23.2 Å². The number of hydrogen-bond donors (Lipinski definition) is 2. The van der Waals surface area contributed by atoms with Crippen molar-refractivity contribution in [3.8, 4) is 11.5 Å². The average molecular weight is 478 g/mol. The van der Waals surface area contributed by atoms with Gasteiger partial charge in [0.05, 0.1) is 6.33 Å². The number of carboxylic acid groups (broad SMARTS) is 1. The topological polar surface area (TPSA) is 103 Å². The lowest BCUT2D eigenvalue weighted by atomic mass is 10.1. The molecule has 168 valence electrons. The smallest absolute Gasteiger partial charge is 0.331 e. The van der Waals surface area contributed by atoms with E-state index in [4.69, 9.17) is 37.8 Å². The second kappa shape index (κ2) is 10.9. The zero-order valence-corrected chi connectivity index (χ0v) is 18.4. The predicted octanol–water partition coefficient (Wildman–Crippen LogP) is 4.03. The second-order valence-electron chi connectivity index (χ2n) is 6.85. The Hall–Kier alpha value is -3.23. The number of halogens is 2. The van der Waals surface area contributed by atoms with Crippen LogP contribution in [0.4, 0.5) is 0 Å². The van der Waals surface area contributed by atoms with E-state index in [1.807, 2.05) is 4.57 Å². The van der Waals surface area contributed by atoms with Crippen LogP contribution in [0.5, 0.6) is 11.5 Å². The largest absolute Gasteiger partial charge is 0.480 e. The van der Waals surface area contributed by atoms with Crippen molar-refractivity contribution in [1.82, 2.24) is 14.9 Å². The van der Waals surface area contributed by atoms with E-state index in [1.165, 1.54) is 0 Å². The Kier molecular flexibility index (Phi) is 7.97. The number of nitrogens with zero attached hydrogens (tertiary/aromatic N) is 2. The maximum absolute atomic E-state index is 13.2. The number of carboxylic acids is 1. The molecule has 0 radical (unpaired) electrons. The molecule has 1 heterocycles. The third-order valence-electron chi connectivity index (χ3n) is 4.42. The molecule has 0 spiro atoms. The molecule has 2 N–H and O–H groups in total. The predicted molar refractivity (Wildman–Crippen MR) is 119 cm³/mol. The lowest BCUT2D eigenvalue weighted by molar-refractivity contribution is -0.170. The molecule has 0 saturated carbocycles. The van der Waals surface area contributed by atoms with Crippen molar-refractivity contribution in [1.29, 1.82) is 0 Å². The first-order valence-corrected chi connectivity index (χ1v) is 10.5. The van der Waals surface area contributed by atoms with E-state index in [0.717, 1.165) is 0 Å². The first kappa shape index (κ1) is 23.4. The molecule has 0 aliphatic heterocycles. The number of aromatic nitrogens is 2. The molecule has 2 aromatic carbocycles. The number of imidazole rings is 1. The highest BCUT2D eigenvalue weighted by atomic mass is 35.5. The number of carbonyl (C=O) groups excluding carboxylic acids is 1. The molecule has 0 bridgehead atoms. The molecule has 8 nitrogen and oxygen atoms in total. The van der Waals surface area contributed by atoms with Gasteiger partial charge in [-0.2, -0.15) is 0 Å². The molecule has 0 atom stereocenters. The van der Waals surface area contributed by atoms with Crippen molar-refractivity contribution < 1.29 is 24.2 Å². The second-order valence-corrected chi connectivity index (χ2v) is 7.72. The molecule has 1 amide bonds. The number of carbonyl (C=O) groups is 2. The van der Waals surface area contributed by atoms with E-state index in [-0.39, 0.29) is 6.42 Å². The highest BCUT2D eigenvalue weighted by Crippen LogP contribution is 2.29. The van der Waals surface area contributed by atoms with E-state index in [0.29, 0.717) is 34.5 Å². The fourth-order valence-electron chi connectivity index (χ4n) is 2.92. The van der Waals surface area contributed by atoms with E-state index in [1.54, 1.807) is 67.3 Å². The van der Waals surface area contributed by atoms with Crippen molar-refractivity contribution in [3.05, 3.63) is 77.3 Å². The highest BCUT2D eigenvalue weighted by Gasteiger charge is 2.44. The molecule has 10 heteroatoms. The van der Waals surface area contributed by atoms with Gasteiger partial charge in [-0.15, -0.1) is 0 Å². The van der Waals surface area contributed by atoms with Gasteiger partial charge in [0.15, 0.2) is 0 Å². The van der Waals surface area contributed by atoms with E-state index < -0.39 is 24.2 Å². The van der Waals surface area contributed by atoms with Gasteiger partial charge in [0, 0.05) is 35.4 Å². The number of hydrogen-bond acceptors (Lipinski definition) is 5. The Morgan fingerprint density at radius 1 is 1.00 bits per heavy atom. The number of ether oxygens (including phenoxy) is 2. The summed E-state index contributed by atoms with van der Waals surface area (Å²) in [5.41, 5.74) is 0. The van der Waals surface area contributed by atoms with Crippen LogP contribution < -0.4 is 14.8 Å². The molecule has 3 rings (SSSR count). The molecule has 32 heavy (non-hydrogen) atoms. The molecule has 0 unspecified atom stereocenters. The van der Waals surface area contributed by atoms with Crippen LogP contribution in [-0.2, 0) is 16.1 Å². The van der Waals surface area contributed by atoms with Gasteiger partial charge in [-0.05, 0) is 55.0 Å². The Balaban J connectivity index is 1.92. The van der Waals surface area contributed by atoms with Crippen LogP contribution in [0.2, 0.25) is 10.0 Å². The van der Waals surface area contributed by atoms with Crippen LogP contribution in [0, 0.1) is 0 Å². The number of nitrogens with one attached hydrogen (secondary N) is 1. The molecule has 0 fully saturated rings. The molecule has 3 aromatic rings. The van der Waals surface area contributed by atoms with Crippen molar-refractivity contribution in [3.63, 3.8) is 0 Å². The lowest BCUT2D eigenvalue weighted by Gasteiger charge is -2.33. The van der Waals surface area contributed by atoms with E-state index >= 15 is 0 Å². The average Bonchev–Trinajstić information content (AvgIpc) is 3.28. The van der Waals surface area contributed by atoms with Crippen molar-refractivity contribution in [2.24, 2.45) is 0 Å². The minimum atomic E-state index is -1.85. The number of amides is 1. The first-order chi connectivity index (χ1) is 15.4. The normalized spacial score (nSPS) is 11.1. The highest BCUT2D eigenvalue weighted by molar-refractivity contribution is 6.30. The van der Waals surface area contributed by atoms with Crippen molar-refractivity contribution in [2.45, 2.75) is 25.2 Å². The molecule has 1 aromatic heterocycles. The molecular weight excluding hydrogens is 457 g/mol. The van der Waals surface area contributed by atoms with Crippen LogP contribution in [-0.4, -0.2) is 38.9 Å². The molecule has 0 aliphatic rings. The Bertz CT molecular complexity index is 977. The van der Waals surface area contributed by atoms with Crippen molar-refractivity contribution >= 4 is 35.1 Å². The monoisotopic (exact) mass is 477 g/mol. The molecule has 0 aliphatic carbocycles. The number of aryl methyl sites for hydroxylation is 1. The van der Waals surface area contributed by atoms with Crippen LogP contribution in [0.3, 0.4) is 0 Å². The fraction of sp³-hybridized carbons (Fsp3) is 0.227. The van der Waals surface area contributed by atoms with E-state index in [9.17, 15) is 9.59 Å². The summed E-state index contributed by atoms with van der Waals surface area (Å²) in [6, 6.07) is 12.9. The van der Waals surface area contributed by atoms with Crippen LogP contribution >= 0.6 is 23.2 Å². The summed E-state index contributed by atoms with van der Waals surface area (Å²) in [6.07, 6.45) is 5.69. The summed E-state index contributed by atoms with van der Waals surface area (Å²) in [4.78, 5) is 28.3. The number of aliphatic carboxylic acids is 1. The zero-order chi connectivity index (χ0) is 23.0. The minimum absolute atomic E-state index is 0.113. The summed E-state index contributed by atoms with van der Waals surface area (Å²) in [6.45, 7) is -0.0437. The summed E-state index contributed by atoms with van der Waals surface area (Å²) >= 11 is 11.9. The van der Waals surface area contributed by atoms with Crippen LogP contribution in [0.1, 0.15) is 12.8 Å². The third kappa shape index (κ3) is 6.63. The molecule has 0 saturated heterocycles. The third-order valence-corrected chi connectivity index (χ3v) is 4.92. The van der Waals surface area contributed by atoms with Gasteiger partial charge in [0.1, 0.15) is 18.0 Å². The number of benzene rings is 2. The Labute approximate surface area is 194 Å². The van der Waals surface area contributed by atoms with Gasteiger partial charge in [-0.25, -0.2) is 4.98 Å². The SMILES string of the molecule is O=C(O)CNC(=O)C(CCCn1ccnc1)(Oc1ccc(Cl)cc1)Oc1ccc(Cl)cc1. The first-order valence-electron chi connectivity index (χ1n) is 9.71. The Morgan fingerprint density at radius 2 is 1.56 bits per heavy atom. The van der Waals surface area contributed by atoms with Gasteiger partial charge in [0.2, 0.25) is 0 Å². The maximum Gasteiger partial charge on any atom is 0.331 e. The van der Waals surface area contributed by atoms with Crippen LogP contribution in [0.25, 0.3) is 0 Å². The Morgan fingerprint density at radius 3 is 2.03 bits per heavy atom. The number of rotatable bonds is 11. The maximum atomic E-state index is 13.2. The van der Waals surface area contributed by atoms with E-state index in [2.05, 4.69) is 10.3 Å². The van der Waals surface area contributed by atoms with Gasteiger partial charge in [0.25, 0.3) is 0 Å². The minimum Gasteiger partial charge on any atom is -0.480 e. The molecular formula is C22H21Cl2N3O5.